The maximum Gasteiger partial charge on any atom is 0.332 e. The van der Waals surface area contributed by atoms with Crippen LogP contribution in [0.1, 0.15) is 6.92 Å². The third-order valence-corrected chi connectivity index (χ3v) is 3.00. The quantitative estimate of drug-likeness (QED) is 0.693. The normalized spacial score (nSPS) is 12.4. The van der Waals surface area contributed by atoms with Crippen molar-refractivity contribution in [2.75, 3.05) is 12.4 Å². The first-order valence-corrected chi connectivity index (χ1v) is 5.87. The van der Waals surface area contributed by atoms with Crippen molar-refractivity contribution in [2.45, 2.75) is 13.0 Å². The van der Waals surface area contributed by atoms with Crippen LogP contribution in [0.25, 0.3) is 11.2 Å². The van der Waals surface area contributed by atoms with E-state index in [0.29, 0.717) is 0 Å². The van der Waals surface area contributed by atoms with E-state index >= 15 is 0 Å². The standard InChI is InChI=1S/C11H15N5O4/c1-5(9(18)20-4)12-10-13-6-7(14-10)15(2)11(19)16(3)8(6)17/h5H,1-4H3,(H2,12,13,14). The van der Waals surface area contributed by atoms with Crippen LogP contribution < -0.4 is 16.6 Å². The van der Waals surface area contributed by atoms with Gasteiger partial charge in [-0.05, 0) is 6.92 Å². The molecule has 9 heteroatoms. The summed E-state index contributed by atoms with van der Waals surface area (Å²) < 4.78 is 6.81. The molecule has 0 aliphatic carbocycles. The molecule has 2 heterocycles. The highest BCUT2D eigenvalue weighted by molar-refractivity contribution is 5.79. The number of nitrogens with one attached hydrogen (secondary N) is 2. The van der Waals surface area contributed by atoms with Gasteiger partial charge in [0.05, 0.1) is 7.11 Å². The summed E-state index contributed by atoms with van der Waals surface area (Å²) >= 11 is 0. The Morgan fingerprint density at radius 2 is 2.00 bits per heavy atom. The van der Waals surface area contributed by atoms with Gasteiger partial charge in [-0.15, -0.1) is 0 Å². The Morgan fingerprint density at radius 1 is 1.35 bits per heavy atom. The largest absolute Gasteiger partial charge is 0.467 e. The fourth-order valence-corrected chi connectivity index (χ4v) is 1.84. The first-order valence-electron chi connectivity index (χ1n) is 5.87. The molecule has 0 aliphatic rings. The maximum absolute atomic E-state index is 11.9. The number of anilines is 1. The van der Waals surface area contributed by atoms with Crippen molar-refractivity contribution in [3.63, 3.8) is 0 Å². The highest BCUT2D eigenvalue weighted by Gasteiger charge is 2.17. The van der Waals surface area contributed by atoms with Crippen LogP contribution in [0.15, 0.2) is 9.59 Å². The SMILES string of the molecule is COC(=O)C(C)Nc1nc2c([nH]1)c(=O)n(C)c(=O)n2C. The minimum atomic E-state index is -0.638. The molecule has 0 fully saturated rings. The van der Waals surface area contributed by atoms with Gasteiger partial charge in [0.15, 0.2) is 11.2 Å². The topological polar surface area (TPSA) is 111 Å². The van der Waals surface area contributed by atoms with E-state index in [1.165, 1.54) is 25.8 Å². The number of imidazole rings is 1. The zero-order chi connectivity index (χ0) is 15.0. The van der Waals surface area contributed by atoms with Gasteiger partial charge in [0.2, 0.25) is 5.95 Å². The van der Waals surface area contributed by atoms with Crippen LogP contribution in [0, 0.1) is 0 Å². The molecule has 0 saturated carbocycles. The fourth-order valence-electron chi connectivity index (χ4n) is 1.84. The zero-order valence-electron chi connectivity index (χ0n) is 11.6. The Bertz CT molecular complexity index is 784. The molecular formula is C11H15N5O4. The van der Waals surface area contributed by atoms with Crippen molar-refractivity contribution in [2.24, 2.45) is 14.1 Å². The second kappa shape index (κ2) is 4.83. The lowest BCUT2D eigenvalue weighted by Crippen LogP contribution is -2.36. The Hall–Kier alpha value is -2.58. The number of aromatic nitrogens is 4. The average molecular weight is 281 g/mol. The van der Waals surface area contributed by atoms with Crippen molar-refractivity contribution in [1.82, 2.24) is 19.1 Å². The molecule has 2 N–H and O–H groups in total. The minimum Gasteiger partial charge on any atom is -0.467 e. The molecule has 0 bridgehead atoms. The number of aryl methyl sites for hydroxylation is 1. The lowest BCUT2D eigenvalue weighted by molar-refractivity contribution is -0.141. The molecule has 2 rings (SSSR count). The van der Waals surface area contributed by atoms with Gasteiger partial charge < -0.3 is 15.0 Å². The van der Waals surface area contributed by atoms with Crippen LogP contribution in [0.3, 0.4) is 0 Å². The van der Waals surface area contributed by atoms with E-state index in [9.17, 15) is 14.4 Å². The van der Waals surface area contributed by atoms with Crippen LogP contribution in [0.2, 0.25) is 0 Å². The molecule has 1 unspecified atom stereocenters. The number of carbonyl (C=O) groups excluding carboxylic acids is 1. The molecular weight excluding hydrogens is 266 g/mol. The van der Waals surface area contributed by atoms with Gasteiger partial charge in [0, 0.05) is 14.1 Å². The summed E-state index contributed by atoms with van der Waals surface area (Å²) in [5.41, 5.74) is -0.539. The van der Waals surface area contributed by atoms with Crippen LogP contribution >= 0.6 is 0 Å². The Kier molecular flexibility index (Phi) is 3.35. The molecule has 0 amide bonds. The van der Waals surface area contributed by atoms with Gasteiger partial charge in [-0.3, -0.25) is 13.9 Å². The van der Waals surface area contributed by atoms with Gasteiger partial charge in [-0.25, -0.2) is 9.59 Å². The van der Waals surface area contributed by atoms with E-state index in [-0.39, 0.29) is 17.1 Å². The summed E-state index contributed by atoms with van der Waals surface area (Å²) in [6.07, 6.45) is 0. The predicted molar refractivity (Wildman–Crippen MR) is 71.7 cm³/mol. The highest BCUT2D eigenvalue weighted by atomic mass is 16.5. The molecule has 20 heavy (non-hydrogen) atoms. The second-order valence-electron chi connectivity index (χ2n) is 4.38. The molecule has 2 aromatic rings. The third kappa shape index (κ3) is 2.06. The molecule has 1 atom stereocenters. The number of ether oxygens (including phenoxy) is 1. The van der Waals surface area contributed by atoms with Crippen molar-refractivity contribution >= 4 is 23.1 Å². The Balaban J connectivity index is 2.53. The lowest BCUT2D eigenvalue weighted by atomic mass is 10.3. The van der Waals surface area contributed by atoms with E-state index in [4.69, 9.17) is 0 Å². The lowest BCUT2D eigenvalue weighted by Gasteiger charge is -2.09. The number of hydrogen-bond acceptors (Lipinski definition) is 6. The smallest absolute Gasteiger partial charge is 0.332 e. The number of H-pyrrole nitrogens is 1. The van der Waals surface area contributed by atoms with Gasteiger partial charge in [0.1, 0.15) is 6.04 Å². The first kappa shape index (κ1) is 13.8. The van der Waals surface area contributed by atoms with Crippen LogP contribution in [0.5, 0.6) is 0 Å². The summed E-state index contributed by atoms with van der Waals surface area (Å²) in [6, 6.07) is -0.638. The zero-order valence-corrected chi connectivity index (χ0v) is 11.6. The molecule has 0 saturated heterocycles. The van der Waals surface area contributed by atoms with Gasteiger partial charge >= 0.3 is 11.7 Å². The minimum absolute atomic E-state index is 0.189. The number of carbonyl (C=O) groups is 1. The molecule has 108 valence electrons. The number of nitrogens with zero attached hydrogens (tertiary/aromatic N) is 3. The Morgan fingerprint density at radius 3 is 2.60 bits per heavy atom. The molecule has 0 aromatic carbocycles. The monoisotopic (exact) mass is 281 g/mol. The average Bonchev–Trinajstić information content (AvgIpc) is 2.85. The fraction of sp³-hybridized carbons (Fsp3) is 0.455. The highest BCUT2D eigenvalue weighted by Crippen LogP contribution is 2.09. The van der Waals surface area contributed by atoms with Crippen molar-refractivity contribution in [3.05, 3.63) is 20.8 Å². The number of fused-ring (bicyclic) bond motifs is 1. The van der Waals surface area contributed by atoms with Crippen molar-refractivity contribution in [1.29, 1.82) is 0 Å². The number of aromatic amines is 1. The number of hydrogen-bond donors (Lipinski definition) is 2. The van der Waals surface area contributed by atoms with Crippen molar-refractivity contribution in [3.8, 4) is 0 Å². The van der Waals surface area contributed by atoms with Crippen LogP contribution in [0.4, 0.5) is 5.95 Å². The van der Waals surface area contributed by atoms with Gasteiger partial charge in [-0.2, -0.15) is 4.98 Å². The van der Waals surface area contributed by atoms with E-state index < -0.39 is 23.3 Å². The summed E-state index contributed by atoms with van der Waals surface area (Å²) in [6.45, 7) is 1.59. The van der Waals surface area contributed by atoms with E-state index in [2.05, 4.69) is 20.0 Å². The summed E-state index contributed by atoms with van der Waals surface area (Å²) in [7, 11) is 4.17. The number of rotatable bonds is 3. The van der Waals surface area contributed by atoms with E-state index in [1.807, 2.05) is 0 Å². The van der Waals surface area contributed by atoms with Gasteiger partial charge in [0.25, 0.3) is 5.56 Å². The van der Waals surface area contributed by atoms with Crippen LogP contribution in [-0.2, 0) is 23.6 Å². The maximum atomic E-state index is 11.9. The van der Waals surface area contributed by atoms with E-state index in [0.717, 1.165) is 4.57 Å². The predicted octanol–water partition coefficient (Wildman–Crippen LogP) is -1.07. The molecule has 0 aliphatic heterocycles. The molecule has 0 radical (unpaired) electrons. The summed E-state index contributed by atoms with van der Waals surface area (Å²) in [5, 5.41) is 2.77. The molecule has 2 aromatic heterocycles. The summed E-state index contributed by atoms with van der Waals surface area (Å²) in [4.78, 5) is 41.9. The number of esters is 1. The second-order valence-corrected chi connectivity index (χ2v) is 4.38. The third-order valence-electron chi connectivity index (χ3n) is 3.00. The van der Waals surface area contributed by atoms with Crippen LogP contribution in [-0.4, -0.2) is 38.2 Å². The Labute approximate surface area is 113 Å². The molecule has 9 nitrogen and oxygen atoms in total. The summed E-state index contributed by atoms with van der Waals surface area (Å²) in [5.74, 6) is -0.247. The number of methoxy groups -OCH3 is 1. The van der Waals surface area contributed by atoms with E-state index in [1.54, 1.807) is 6.92 Å². The first-order chi connectivity index (χ1) is 9.36. The molecule has 0 spiro atoms. The van der Waals surface area contributed by atoms with Gasteiger partial charge in [-0.1, -0.05) is 0 Å². The van der Waals surface area contributed by atoms with Crippen molar-refractivity contribution < 1.29 is 9.53 Å².